The molecule has 0 N–H and O–H groups in total. The molecule has 0 aromatic carbocycles. The van der Waals surface area contributed by atoms with Gasteiger partial charge in [-0.2, -0.15) is 4.99 Å². The topological polar surface area (TPSA) is 41.9 Å². The first kappa shape index (κ1) is 9.13. The number of morpholine rings is 1. The van der Waals surface area contributed by atoms with Crippen LogP contribution in [0.2, 0.25) is 0 Å². The molecule has 12 heavy (non-hydrogen) atoms. The van der Waals surface area contributed by atoms with Crippen LogP contribution in [0.5, 0.6) is 0 Å². The van der Waals surface area contributed by atoms with Crippen LogP contribution in [0.4, 0.5) is 0 Å². The van der Waals surface area contributed by atoms with Gasteiger partial charge in [0.1, 0.15) is 0 Å². The lowest BCUT2D eigenvalue weighted by molar-refractivity contribution is 0.0422. The maximum absolute atomic E-state index is 9.86. The fraction of sp³-hybridized carbons (Fsp3) is 0.625. The molecule has 0 spiro atoms. The van der Waals surface area contributed by atoms with E-state index in [1.165, 1.54) is 6.08 Å². The monoisotopic (exact) mass is 168 g/mol. The number of hydrogen-bond donors (Lipinski definition) is 0. The molecule has 1 rings (SSSR count). The summed E-state index contributed by atoms with van der Waals surface area (Å²) in [6.07, 6.45) is 1.47. The Morgan fingerprint density at radius 1 is 1.58 bits per heavy atom. The number of ether oxygens (including phenoxy) is 1. The lowest BCUT2D eigenvalue weighted by Gasteiger charge is -2.25. The molecule has 1 fully saturated rings. The second-order valence-electron chi connectivity index (χ2n) is 2.66. The highest BCUT2D eigenvalue weighted by Gasteiger charge is 2.10. The van der Waals surface area contributed by atoms with Crippen molar-refractivity contribution in [3.8, 4) is 0 Å². The molecule has 0 saturated carbocycles. The standard InChI is InChI=1S/C8H12N2O2/c1-8(9-7-11)6-10-2-4-12-5-3-10/h1-6H2. The SMILES string of the molecule is C=C(CN1CCOCC1)N=C=O. The predicted molar refractivity (Wildman–Crippen MR) is 44.5 cm³/mol. The van der Waals surface area contributed by atoms with E-state index in [1.54, 1.807) is 0 Å². The largest absolute Gasteiger partial charge is 0.379 e. The van der Waals surface area contributed by atoms with E-state index in [1.807, 2.05) is 0 Å². The van der Waals surface area contributed by atoms with E-state index in [0.29, 0.717) is 12.2 Å². The maximum atomic E-state index is 9.86. The van der Waals surface area contributed by atoms with Crippen LogP contribution >= 0.6 is 0 Å². The van der Waals surface area contributed by atoms with Crippen molar-refractivity contribution in [2.45, 2.75) is 0 Å². The zero-order valence-corrected chi connectivity index (χ0v) is 6.95. The Balaban J connectivity index is 2.29. The summed E-state index contributed by atoms with van der Waals surface area (Å²) in [5.74, 6) is 0. The molecule has 0 unspecified atom stereocenters. The Labute approximate surface area is 71.5 Å². The van der Waals surface area contributed by atoms with Gasteiger partial charge in [0.25, 0.3) is 0 Å². The van der Waals surface area contributed by atoms with Crippen LogP contribution in [-0.4, -0.2) is 43.8 Å². The first-order valence-electron chi connectivity index (χ1n) is 3.88. The fourth-order valence-electron chi connectivity index (χ4n) is 1.12. The van der Waals surface area contributed by atoms with Gasteiger partial charge in [-0.25, -0.2) is 4.79 Å². The third-order valence-corrected chi connectivity index (χ3v) is 1.71. The average molecular weight is 168 g/mol. The molecule has 0 atom stereocenters. The van der Waals surface area contributed by atoms with Crippen LogP contribution in [0.1, 0.15) is 0 Å². The summed E-state index contributed by atoms with van der Waals surface area (Å²) in [4.78, 5) is 15.4. The van der Waals surface area contributed by atoms with Crippen molar-refractivity contribution >= 4 is 6.08 Å². The van der Waals surface area contributed by atoms with E-state index in [9.17, 15) is 4.79 Å². The number of isocyanates is 1. The first-order valence-corrected chi connectivity index (χ1v) is 3.88. The lowest BCUT2D eigenvalue weighted by Crippen LogP contribution is -2.37. The third kappa shape index (κ3) is 2.96. The molecule has 1 aliphatic heterocycles. The fourth-order valence-corrected chi connectivity index (χ4v) is 1.12. The summed E-state index contributed by atoms with van der Waals surface area (Å²) in [5, 5.41) is 0. The molecule has 1 heterocycles. The first-order chi connectivity index (χ1) is 5.83. The molecule has 0 aromatic rings. The van der Waals surface area contributed by atoms with Gasteiger partial charge in [0.05, 0.1) is 18.9 Å². The molecule has 4 heteroatoms. The van der Waals surface area contributed by atoms with Crippen molar-refractivity contribution in [3.05, 3.63) is 12.3 Å². The van der Waals surface area contributed by atoms with Crippen LogP contribution in [0.3, 0.4) is 0 Å². The third-order valence-electron chi connectivity index (χ3n) is 1.71. The molecule has 1 aliphatic rings. The van der Waals surface area contributed by atoms with E-state index in [-0.39, 0.29) is 0 Å². The molecule has 66 valence electrons. The van der Waals surface area contributed by atoms with Crippen molar-refractivity contribution in [2.24, 2.45) is 4.99 Å². The van der Waals surface area contributed by atoms with Gasteiger partial charge in [-0.3, -0.25) is 4.90 Å². The van der Waals surface area contributed by atoms with Crippen LogP contribution in [-0.2, 0) is 9.53 Å². The number of carbonyl (C=O) groups excluding carboxylic acids is 1. The highest BCUT2D eigenvalue weighted by atomic mass is 16.5. The van der Waals surface area contributed by atoms with Crippen molar-refractivity contribution in [3.63, 3.8) is 0 Å². The Hall–Kier alpha value is -0.960. The van der Waals surface area contributed by atoms with E-state index in [2.05, 4.69) is 16.5 Å². The van der Waals surface area contributed by atoms with E-state index >= 15 is 0 Å². The number of aliphatic imine (C=N–C) groups is 1. The Bertz CT molecular complexity index is 203. The lowest BCUT2D eigenvalue weighted by atomic mass is 10.4. The van der Waals surface area contributed by atoms with Crippen molar-refractivity contribution in [1.82, 2.24) is 4.90 Å². The quantitative estimate of drug-likeness (QED) is 0.445. The summed E-state index contributed by atoms with van der Waals surface area (Å²) in [7, 11) is 0. The van der Waals surface area contributed by atoms with Gasteiger partial charge >= 0.3 is 0 Å². The number of hydrogen-bond acceptors (Lipinski definition) is 4. The van der Waals surface area contributed by atoms with Gasteiger partial charge in [0, 0.05) is 19.6 Å². The maximum Gasteiger partial charge on any atom is 0.240 e. The van der Waals surface area contributed by atoms with Crippen molar-refractivity contribution < 1.29 is 9.53 Å². The Kier molecular flexibility index (Phi) is 3.67. The molecule has 0 radical (unpaired) electrons. The summed E-state index contributed by atoms with van der Waals surface area (Å²) in [6, 6.07) is 0. The molecule has 0 amide bonds. The molecule has 0 aromatic heterocycles. The highest BCUT2D eigenvalue weighted by Crippen LogP contribution is 2.01. The molecule has 0 aliphatic carbocycles. The van der Waals surface area contributed by atoms with Crippen molar-refractivity contribution in [2.75, 3.05) is 32.8 Å². The molecule has 1 saturated heterocycles. The smallest absolute Gasteiger partial charge is 0.240 e. The van der Waals surface area contributed by atoms with Gasteiger partial charge in [0.15, 0.2) is 0 Å². The van der Waals surface area contributed by atoms with Gasteiger partial charge in [-0.05, 0) is 0 Å². The van der Waals surface area contributed by atoms with Crippen LogP contribution in [0.15, 0.2) is 17.3 Å². The van der Waals surface area contributed by atoms with E-state index < -0.39 is 0 Å². The van der Waals surface area contributed by atoms with Crippen LogP contribution < -0.4 is 0 Å². The highest BCUT2D eigenvalue weighted by molar-refractivity contribution is 5.36. The predicted octanol–water partition coefficient (Wildman–Crippen LogP) is 0.168. The second-order valence-corrected chi connectivity index (χ2v) is 2.66. The van der Waals surface area contributed by atoms with Crippen LogP contribution in [0.25, 0.3) is 0 Å². The molecule has 4 nitrogen and oxygen atoms in total. The summed E-state index contributed by atoms with van der Waals surface area (Å²) in [5.41, 5.74) is 0.562. The van der Waals surface area contributed by atoms with Gasteiger partial charge in [-0.15, -0.1) is 0 Å². The minimum absolute atomic E-state index is 0.562. The molecular weight excluding hydrogens is 156 g/mol. The minimum Gasteiger partial charge on any atom is -0.379 e. The van der Waals surface area contributed by atoms with Gasteiger partial charge in [0.2, 0.25) is 6.08 Å². The summed E-state index contributed by atoms with van der Waals surface area (Å²) >= 11 is 0. The summed E-state index contributed by atoms with van der Waals surface area (Å²) in [6.45, 7) is 7.53. The number of rotatable bonds is 3. The normalized spacial score (nSPS) is 18.3. The molecule has 0 bridgehead atoms. The van der Waals surface area contributed by atoms with E-state index in [0.717, 1.165) is 26.3 Å². The number of nitrogens with zero attached hydrogens (tertiary/aromatic N) is 2. The van der Waals surface area contributed by atoms with Crippen LogP contribution in [0, 0.1) is 0 Å². The Morgan fingerprint density at radius 2 is 2.25 bits per heavy atom. The van der Waals surface area contributed by atoms with Gasteiger partial charge < -0.3 is 4.74 Å². The van der Waals surface area contributed by atoms with Gasteiger partial charge in [-0.1, -0.05) is 6.58 Å². The summed E-state index contributed by atoms with van der Waals surface area (Å²) < 4.78 is 5.16. The minimum atomic E-state index is 0.562. The molecular formula is C8H12N2O2. The second kappa shape index (κ2) is 4.83. The van der Waals surface area contributed by atoms with E-state index in [4.69, 9.17) is 4.74 Å². The Morgan fingerprint density at radius 3 is 2.83 bits per heavy atom. The zero-order valence-electron chi connectivity index (χ0n) is 6.95. The average Bonchev–Trinajstić information content (AvgIpc) is 2.06. The zero-order chi connectivity index (χ0) is 8.81. The van der Waals surface area contributed by atoms with Crippen molar-refractivity contribution in [1.29, 1.82) is 0 Å².